The largest absolute Gasteiger partial charge is 0.322 e. The van der Waals surface area contributed by atoms with Crippen molar-refractivity contribution < 1.29 is 0 Å². The third kappa shape index (κ3) is 2.37. The molecule has 0 bridgehead atoms. The topological polar surface area (TPSA) is 26.0 Å². The third-order valence-corrected chi connectivity index (χ3v) is 2.68. The van der Waals surface area contributed by atoms with E-state index in [4.69, 9.17) is 28.9 Å². The lowest BCUT2D eigenvalue weighted by molar-refractivity contribution is 0.551. The monoisotopic (exact) mass is 217 g/mol. The zero-order chi connectivity index (χ0) is 10.2. The van der Waals surface area contributed by atoms with Gasteiger partial charge in [0.05, 0.1) is 10.0 Å². The summed E-state index contributed by atoms with van der Waals surface area (Å²) in [7, 11) is 0. The Balaban J connectivity index is 3.32. The van der Waals surface area contributed by atoms with Gasteiger partial charge in [0, 0.05) is 5.54 Å². The summed E-state index contributed by atoms with van der Waals surface area (Å²) in [6, 6.07) is 3.67. The molecule has 0 spiro atoms. The molecule has 0 aliphatic heterocycles. The molecule has 1 aromatic rings. The first kappa shape index (κ1) is 10.8. The van der Waals surface area contributed by atoms with Crippen LogP contribution in [0.4, 0.5) is 0 Å². The standard InChI is InChI=1S/C10H13Cl2N/c1-6-4-8(11)9(12)5-7(6)10(2,3)13/h4-5H,13H2,1-3H3. The van der Waals surface area contributed by atoms with Gasteiger partial charge >= 0.3 is 0 Å². The molecule has 0 saturated heterocycles. The van der Waals surface area contributed by atoms with E-state index < -0.39 is 0 Å². The fourth-order valence-electron chi connectivity index (χ4n) is 1.34. The maximum atomic E-state index is 5.97. The van der Waals surface area contributed by atoms with Gasteiger partial charge in [-0.3, -0.25) is 0 Å². The van der Waals surface area contributed by atoms with Gasteiger partial charge in [-0.25, -0.2) is 0 Å². The molecule has 3 heteroatoms. The lowest BCUT2D eigenvalue weighted by Gasteiger charge is -2.22. The van der Waals surface area contributed by atoms with Crippen molar-refractivity contribution in [3.05, 3.63) is 33.3 Å². The molecule has 72 valence electrons. The first-order chi connectivity index (χ1) is 5.82. The highest BCUT2D eigenvalue weighted by atomic mass is 35.5. The van der Waals surface area contributed by atoms with E-state index in [0.29, 0.717) is 10.0 Å². The minimum absolute atomic E-state index is 0.377. The average molecular weight is 218 g/mol. The maximum Gasteiger partial charge on any atom is 0.0595 e. The second kappa shape index (κ2) is 3.49. The summed E-state index contributed by atoms with van der Waals surface area (Å²) in [5, 5.41) is 1.13. The van der Waals surface area contributed by atoms with Gasteiger partial charge in [0.25, 0.3) is 0 Å². The van der Waals surface area contributed by atoms with Gasteiger partial charge < -0.3 is 5.73 Å². The summed E-state index contributed by atoms with van der Waals surface area (Å²) < 4.78 is 0. The molecule has 0 atom stereocenters. The molecule has 0 aliphatic carbocycles. The van der Waals surface area contributed by atoms with Crippen LogP contribution in [0.5, 0.6) is 0 Å². The van der Waals surface area contributed by atoms with Crippen LogP contribution in [0.2, 0.25) is 10.0 Å². The van der Waals surface area contributed by atoms with E-state index in [2.05, 4.69) is 0 Å². The minimum atomic E-state index is -0.377. The van der Waals surface area contributed by atoms with Gasteiger partial charge in [-0.2, -0.15) is 0 Å². The lowest BCUT2D eigenvalue weighted by atomic mass is 9.92. The molecule has 2 N–H and O–H groups in total. The van der Waals surface area contributed by atoms with Crippen LogP contribution in [0.25, 0.3) is 0 Å². The predicted octanol–water partition coefficient (Wildman–Crippen LogP) is 3.50. The Kier molecular flexibility index (Phi) is 2.91. The normalized spacial score (nSPS) is 11.8. The SMILES string of the molecule is Cc1cc(Cl)c(Cl)cc1C(C)(C)N. The summed E-state index contributed by atoms with van der Waals surface area (Å²) >= 11 is 11.8. The van der Waals surface area contributed by atoms with E-state index in [9.17, 15) is 0 Å². The van der Waals surface area contributed by atoms with E-state index in [1.54, 1.807) is 0 Å². The Hall–Kier alpha value is -0.240. The van der Waals surface area contributed by atoms with E-state index in [-0.39, 0.29) is 5.54 Å². The van der Waals surface area contributed by atoms with Crippen molar-refractivity contribution in [2.24, 2.45) is 5.73 Å². The quantitative estimate of drug-likeness (QED) is 0.766. The molecule has 0 amide bonds. The minimum Gasteiger partial charge on any atom is -0.322 e. The summed E-state index contributed by atoms with van der Waals surface area (Å²) in [6.45, 7) is 5.87. The van der Waals surface area contributed by atoms with E-state index in [1.165, 1.54) is 0 Å². The van der Waals surface area contributed by atoms with Gasteiger partial charge in [-0.05, 0) is 44.0 Å². The molecule has 0 unspecified atom stereocenters. The molecular weight excluding hydrogens is 205 g/mol. The van der Waals surface area contributed by atoms with E-state index in [0.717, 1.165) is 11.1 Å². The van der Waals surface area contributed by atoms with Crippen molar-refractivity contribution >= 4 is 23.2 Å². The molecule has 0 aromatic heterocycles. The highest BCUT2D eigenvalue weighted by Crippen LogP contribution is 2.30. The molecule has 13 heavy (non-hydrogen) atoms. The molecule has 0 aliphatic rings. The molecule has 0 radical (unpaired) electrons. The first-order valence-corrected chi connectivity index (χ1v) is 4.83. The number of benzene rings is 1. The van der Waals surface area contributed by atoms with Crippen LogP contribution in [0.15, 0.2) is 12.1 Å². The van der Waals surface area contributed by atoms with Crippen LogP contribution in [-0.4, -0.2) is 0 Å². The highest BCUT2D eigenvalue weighted by molar-refractivity contribution is 6.42. The molecule has 1 rings (SSSR count). The fraction of sp³-hybridized carbons (Fsp3) is 0.400. The second-order valence-corrected chi connectivity index (χ2v) is 4.62. The predicted molar refractivity (Wildman–Crippen MR) is 58.4 cm³/mol. The van der Waals surface area contributed by atoms with E-state index >= 15 is 0 Å². The van der Waals surface area contributed by atoms with Crippen molar-refractivity contribution in [3.8, 4) is 0 Å². The Bertz CT molecular complexity index is 326. The number of hydrogen-bond donors (Lipinski definition) is 1. The van der Waals surface area contributed by atoms with Crippen LogP contribution < -0.4 is 5.73 Å². The summed E-state index contributed by atoms with van der Waals surface area (Å²) in [5.74, 6) is 0. The van der Waals surface area contributed by atoms with Crippen molar-refractivity contribution in [1.82, 2.24) is 0 Å². The van der Waals surface area contributed by atoms with Crippen LogP contribution in [-0.2, 0) is 5.54 Å². The summed E-state index contributed by atoms with van der Waals surface area (Å²) in [6.07, 6.45) is 0. The fourth-order valence-corrected chi connectivity index (χ4v) is 1.72. The van der Waals surface area contributed by atoms with E-state index in [1.807, 2.05) is 32.9 Å². The lowest BCUT2D eigenvalue weighted by Crippen LogP contribution is -2.29. The van der Waals surface area contributed by atoms with Crippen LogP contribution in [0.1, 0.15) is 25.0 Å². The number of hydrogen-bond acceptors (Lipinski definition) is 1. The zero-order valence-corrected chi connectivity index (χ0v) is 9.50. The summed E-state index contributed by atoms with van der Waals surface area (Å²) in [4.78, 5) is 0. The Morgan fingerprint density at radius 2 is 1.62 bits per heavy atom. The summed E-state index contributed by atoms with van der Waals surface area (Å²) in [5.41, 5.74) is 7.70. The molecule has 0 fully saturated rings. The number of aryl methyl sites for hydroxylation is 1. The maximum absolute atomic E-state index is 5.97. The molecular formula is C10H13Cl2N. The number of halogens is 2. The van der Waals surface area contributed by atoms with Crippen molar-refractivity contribution in [2.45, 2.75) is 26.3 Å². The van der Waals surface area contributed by atoms with Gasteiger partial charge in [-0.15, -0.1) is 0 Å². The Morgan fingerprint density at radius 1 is 1.15 bits per heavy atom. The number of nitrogens with two attached hydrogens (primary N) is 1. The molecule has 1 aromatic carbocycles. The van der Waals surface area contributed by atoms with Crippen LogP contribution in [0.3, 0.4) is 0 Å². The van der Waals surface area contributed by atoms with Gasteiger partial charge in [0.1, 0.15) is 0 Å². The van der Waals surface area contributed by atoms with Gasteiger partial charge in [-0.1, -0.05) is 23.2 Å². The third-order valence-electron chi connectivity index (χ3n) is 1.96. The first-order valence-electron chi connectivity index (χ1n) is 4.07. The van der Waals surface area contributed by atoms with Crippen molar-refractivity contribution in [2.75, 3.05) is 0 Å². The molecule has 1 nitrogen and oxygen atoms in total. The molecule has 0 saturated carbocycles. The average Bonchev–Trinajstić information content (AvgIpc) is 1.94. The smallest absolute Gasteiger partial charge is 0.0595 e. The van der Waals surface area contributed by atoms with Gasteiger partial charge in [0.2, 0.25) is 0 Å². The number of rotatable bonds is 1. The van der Waals surface area contributed by atoms with Crippen LogP contribution >= 0.6 is 23.2 Å². The highest BCUT2D eigenvalue weighted by Gasteiger charge is 2.17. The second-order valence-electron chi connectivity index (χ2n) is 3.80. The van der Waals surface area contributed by atoms with Crippen molar-refractivity contribution in [3.63, 3.8) is 0 Å². The molecule has 0 heterocycles. The zero-order valence-electron chi connectivity index (χ0n) is 7.99. The Morgan fingerprint density at radius 3 is 2.08 bits per heavy atom. The van der Waals surface area contributed by atoms with Crippen molar-refractivity contribution in [1.29, 1.82) is 0 Å². The Labute approximate surface area is 88.8 Å². The van der Waals surface area contributed by atoms with Crippen LogP contribution in [0, 0.1) is 6.92 Å². The van der Waals surface area contributed by atoms with Gasteiger partial charge in [0.15, 0.2) is 0 Å².